The summed E-state index contributed by atoms with van der Waals surface area (Å²) in [5, 5.41) is 2.41. The van der Waals surface area contributed by atoms with Gasteiger partial charge in [-0.05, 0) is 18.4 Å². The Kier molecular flexibility index (Phi) is 12.7. The number of rotatable bonds is 12. The van der Waals surface area contributed by atoms with Gasteiger partial charge in [-0.1, -0.05) is 30.3 Å². The first-order valence-corrected chi connectivity index (χ1v) is 16.5. The standard InChI is InChI=1S/C14H21Cl2N2O2P.C7H15Cl2N2O2P/c15-7-10-17(11-8-16)21(19)18(9-4-12-20-21)13-14-5-2-1-3-6-14;8-2-5-11(6-3-9)14(12)10-4-1-7-13-14/h1-3,5-6H,4,7-13H2;1-7H2,(H,10,12)/i9D2;4D2. The fraction of sp³-hybridized carbons (Fsp3) is 0.714. The Morgan fingerprint density at radius 2 is 1.46 bits per heavy atom. The van der Waals surface area contributed by atoms with Crippen molar-refractivity contribution < 1.29 is 23.7 Å². The number of hydrogen-bond acceptors (Lipinski definition) is 4. The van der Waals surface area contributed by atoms with Crippen LogP contribution in [0.15, 0.2) is 30.3 Å². The summed E-state index contributed by atoms with van der Waals surface area (Å²) >= 11 is 22.8. The Hall–Kier alpha value is 0.600. The molecule has 1 aromatic carbocycles. The summed E-state index contributed by atoms with van der Waals surface area (Å²) in [5.41, 5.74) is 0.874. The van der Waals surface area contributed by atoms with Crippen LogP contribution in [0.5, 0.6) is 0 Å². The van der Waals surface area contributed by atoms with Crippen molar-refractivity contribution in [3.05, 3.63) is 35.9 Å². The van der Waals surface area contributed by atoms with E-state index in [9.17, 15) is 9.13 Å². The molecule has 8 nitrogen and oxygen atoms in total. The molecule has 0 amide bonds. The fourth-order valence-corrected chi connectivity index (χ4v) is 8.62. The second-order valence-corrected chi connectivity index (χ2v) is 13.2. The number of alkyl halides is 4. The van der Waals surface area contributed by atoms with E-state index in [1.54, 1.807) is 4.67 Å². The minimum atomic E-state index is -3.53. The van der Waals surface area contributed by atoms with Crippen LogP contribution in [0, 0.1) is 0 Å². The second-order valence-electron chi connectivity index (χ2n) is 7.33. The largest absolute Gasteiger partial charge is 0.346 e. The van der Waals surface area contributed by atoms with Gasteiger partial charge in [-0.2, -0.15) is 0 Å². The zero-order valence-electron chi connectivity index (χ0n) is 23.5. The smallest absolute Gasteiger partial charge is 0.306 e. The molecule has 0 spiro atoms. The van der Waals surface area contributed by atoms with Gasteiger partial charge in [-0.25, -0.2) is 19.1 Å². The first-order valence-electron chi connectivity index (χ1n) is 13.2. The Morgan fingerprint density at radius 3 is 2.03 bits per heavy atom. The second kappa shape index (κ2) is 17.2. The molecule has 202 valence electrons. The molecule has 2 saturated heterocycles. The molecule has 0 bridgehead atoms. The summed E-state index contributed by atoms with van der Waals surface area (Å²) in [6.45, 7) is -1.63. The van der Waals surface area contributed by atoms with Crippen LogP contribution in [0.3, 0.4) is 0 Å². The van der Waals surface area contributed by atoms with Crippen LogP contribution in [0.4, 0.5) is 0 Å². The molecule has 3 rings (SSSR count). The molecule has 2 atom stereocenters. The molecule has 14 heteroatoms. The van der Waals surface area contributed by atoms with Gasteiger partial charge in [0.15, 0.2) is 0 Å². The van der Waals surface area contributed by atoms with E-state index in [1.165, 1.54) is 9.34 Å². The molecule has 2 unspecified atom stereocenters. The normalized spacial score (nSPS) is 30.0. The van der Waals surface area contributed by atoms with E-state index in [4.69, 9.17) is 60.9 Å². The lowest BCUT2D eigenvalue weighted by Gasteiger charge is -2.40. The SMILES string of the molecule is [2H]C1([2H])CCOP(=O)(N(CCCl)CCCl)N1.[2H]C1([2H])CCOP(=O)(N(CCCl)CCCl)N1Cc1ccccc1. The third-order valence-electron chi connectivity index (χ3n) is 4.95. The minimum Gasteiger partial charge on any atom is -0.306 e. The highest BCUT2D eigenvalue weighted by Gasteiger charge is 2.40. The zero-order chi connectivity index (χ0) is 29.2. The van der Waals surface area contributed by atoms with Crippen molar-refractivity contribution in [2.75, 3.05) is 75.9 Å². The Morgan fingerprint density at radius 1 is 0.886 bits per heavy atom. The van der Waals surface area contributed by atoms with Gasteiger partial charge in [0, 0.05) is 74.7 Å². The van der Waals surface area contributed by atoms with E-state index >= 15 is 0 Å². The molecule has 2 aliphatic rings. The van der Waals surface area contributed by atoms with Crippen molar-refractivity contribution in [1.82, 2.24) is 19.1 Å². The van der Waals surface area contributed by atoms with Crippen molar-refractivity contribution >= 4 is 61.7 Å². The number of halogens is 4. The van der Waals surface area contributed by atoms with Crippen molar-refractivity contribution in [3.8, 4) is 0 Å². The quantitative estimate of drug-likeness (QED) is 0.238. The molecule has 1 aromatic rings. The van der Waals surface area contributed by atoms with Gasteiger partial charge in [-0.3, -0.25) is 9.13 Å². The van der Waals surface area contributed by atoms with E-state index in [0.717, 1.165) is 5.56 Å². The molecule has 2 heterocycles. The molecule has 2 aliphatic heterocycles. The highest BCUT2D eigenvalue weighted by molar-refractivity contribution is 7.54. The van der Waals surface area contributed by atoms with Crippen LogP contribution in [-0.4, -0.2) is 89.9 Å². The third kappa shape index (κ3) is 10.0. The van der Waals surface area contributed by atoms with Gasteiger partial charge in [-0.15, -0.1) is 46.4 Å². The number of hydrogen-bond donors (Lipinski definition) is 1. The molecule has 2 fully saturated rings. The van der Waals surface area contributed by atoms with E-state index in [0.29, 0.717) is 26.2 Å². The highest BCUT2D eigenvalue weighted by Crippen LogP contribution is 2.56. The number of benzene rings is 1. The van der Waals surface area contributed by atoms with Crippen LogP contribution < -0.4 is 5.09 Å². The van der Waals surface area contributed by atoms with Crippen molar-refractivity contribution in [3.63, 3.8) is 0 Å². The average molecular weight is 616 g/mol. The van der Waals surface area contributed by atoms with E-state index in [2.05, 4.69) is 5.09 Å². The van der Waals surface area contributed by atoms with Crippen LogP contribution >= 0.6 is 61.7 Å². The molecule has 0 saturated carbocycles. The number of nitrogens with one attached hydrogen (secondary N) is 1. The molecule has 0 radical (unpaired) electrons. The molecule has 0 aliphatic carbocycles. The Balaban J connectivity index is 0.000000293. The zero-order valence-corrected chi connectivity index (χ0v) is 24.3. The monoisotopic (exact) mass is 614 g/mol. The summed E-state index contributed by atoms with van der Waals surface area (Å²) in [7, 11) is -6.87. The number of nitrogens with zero attached hydrogens (tertiary/aromatic N) is 3. The lowest BCUT2D eigenvalue weighted by molar-refractivity contribution is 0.164. The molecular formula is C21H36Cl4N4O4P2. The summed E-state index contributed by atoms with van der Waals surface area (Å²) in [6, 6.07) is 9.38. The predicted molar refractivity (Wildman–Crippen MR) is 147 cm³/mol. The summed E-state index contributed by atoms with van der Waals surface area (Å²) < 4.78 is 72.8. The van der Waals surface area contributed by atoms with Crippen LogP contribution in [-0.2, 0) is 24.7 Å². The van der Waals surface area contributed by atoms with Crippen molar-refractivity contribution in [2.24, 2.45) is 0 Å². The van der Waals surface area contributed by atoms with Gasteiger partial charge >= 0.3 is 15.3 Å². The van der Waals surface area contributed by atoms with Crippen LogP contribution in [0.2, 0.25) is 0 Å². The highest BCUT2D eigenvalue weighted by atomic mass is 35.5. The first kappa shape index (κ1) is 25.9. The molecular weight excluding hydrogens is 576 g/mol. The van der Waals surface area contributed by atoms with Gasteiger partial charge in [0.1, 0.15) is 0 Å². The maximum Gasteiger partial charge on any atom is 0.346 e. The summed E-state index contributed by atoms with van der Waals surface area (Å²) in [6.07, 6.45) is 0.339. The lowest BCUT2D eigenvalue weighted by atomic mass is 10.2. The van der Waals surface area contributed by atoms with E-state index in [-0.39, 0.29) is 56.1 Å². The van der Waals surface area contributed by atoms with E-state index in [1.807, 2.05) is 30.3 Å². The summed E-state index contributed by atoms with van der Waals surface area (Å²) in [5.74, 6) is 1.11. The molecule has 1 N–H and O–H groups in total. The van der Waals surface area contributed by atoms with Crippen molar-refractivity contribution in [2.45, 2.75) is 19.4 Å². The summed E-state index contributed by atoms with van der Waals surface area (Å²) in [4.78, 5) is 0. The Bertz CT molecular complexity index is 965. The Labute approximate surface area is 235 Å². The van der Waals surface area contributed by atoms with Crippen LogP contribution in [0.25, 0.3) is 0 Å². The van der Waals surface area contributed by atoms with Gasteiger partial charge in [0.05, 0.1) is 13.2 Å². The third-order valence-corrected chi connectivity index (χ3v) is 10.3. The van der Waals surface area contributed by atoms with Crippen molar-refractivity contribution in [1.29, 1.82) is 0 Å². The average Bonchev–Trinajstić information content (AvgIpc) is 2.86. The fourth-order valence-electron chi connectivity index (χ4n) is 3.32. The maximum absolute atomic E-state index is 13.5. The minimum absolute atomic E-state index is 0.108. The first-order chi connectivity index (χ1) is 18.4. The van der Waals surface area contributed by atoms with Gasteiger partial charge in [0.25, 0.3) is 0 Å². The van der Waals surface area contributed by atoms with Gasteiger partial charge < -0.3 is 9.05 Å². The van der Waals surface area contributed by atoms with Gasteiger partial charge in [0.2, 0.25) is 0 Å². The molecule has 0 aromatic heterocycles. The molecule has 35 heavy (non-hydrogen) atoms. The van der Waals surface area contributed by atoms with Crippen LogP contribution in [0.1, 0.15) is 23.9 Å². The van der Waals surface area contributed by atoms with E-state index < -0.39 is 28.3 Å². The maximum atomic E-state index is 13.5. The topological polar surface area (TPSA) is 74.3 Å². The lowest BCUT2D eigenvalue weighted by Crippen LogP contribution is -2.38. The predicted octanol–water partition coefficient (Wildman–Crippen LogP) is 5.68.